The predicted molar refractivity (Wildman–Crippen MR) is 66.3 cm³/mol. The molecule has 1 N–H and O–H groups in total. The van der Waals surface area contributed by atoms with Crippen molar-refractivity contribution in [2.24, 2.45) is 0 Å². The van der Waals surface area contributed by atoms with Gasteiger partial charge in [0.05, 0.1) is 16.8 Å². The summed E-state index contributed by atoms with van der Waals surface area (Å²) in [6.07, 6.45) is 4.82. The molecule has 0 atom stereocenters. The van der Waals surface area contributed by atoms with Crippen molar-refractivity contribution in [3.05, 3.63) is 46.1 Å². The molecule has 2 nitrogen and oxygen atoms in total. The molecule has 1 radical (unpaired) electrons. The lowest BCUT2D eigenvalue weighted by atomic mass is 9.91. The summed E-state index contributed by atoms with van der Waals surface area (Å²) in [5, 5.41) is 5.20. The fourth-order valence-electron chi connectivity index (χ4n) is 2.33. The third-order valence-electron chi connectivity index (χ3n) is 3.17. The number of hydrogen-bond donors (Lipinski definition) is 1. The van der Waals surface area contributed by atoms with Crippen molar-refractivity contribution in [2.45, 2.75) is 25.7 Å². The number of halogens is 1. The van der Waals surface area contributed by atoms with Gasteiger partial charge in [-0.05, 0) is 49.9 Å². The number of allylic oxidation sites excluding steroid dienone is 2. The Kier molecular flexibility index (Phi) is 2.44. The van der Waals surface area contributed by atoms with E-state index in [4.69, 9.17) is 11.6 Å². The maximum absolute atomic E-state index is 5.89. The summed E-state index contributed by atoms with van der Waals surface area (Å²) in [4.78, 5) is 0. The molecular formula is C13H13ClN2+. The highest BCUT2D eigenvalue weighted by atomic mass is 35.5. The van der Waals surface area contributed by atoms with Gasteiger partial charge in [0, 0.05) is 5.02 Å². The average molecular weight is 233 g/mol. The Morgan fingerprint density at radius 2 is 1.81 bits per heavy atom. The zero-order valence-corrected chi connectivity index (χ0v) is 9.72. The molecule has 0 saturated carbocycles. The molecule has 1 aromatic carbocycles. The van der Waals surface area contributed by atoms with Crippen molar-refractivity contribution >= 4 is 17.3 Å². The van der Waals surface area contributed by atoms with Crippen LogP contribution in [-0.4, -0.2) is 5.71 Å². The van der Waals surface area contributed by atoms with Gasteiger partial charge in [0.2, 0.25) is 0 Å². The molecule has 0 fully saturated rings. The smallest absolute Gasteiger partial charge is 0.104 e. The first-order valence-electron chi connectivity index (χ1n) is 5.66. The highest BCUT2D eigenvalue weighted by Crippen LogP contribution is 2.28. The first kappa shape index (κ1) is 9.91. The molecule has 1 aliphatic carbocycles. The van der Waals surface area contributed by atoms with Crippen molar-refractivity contribution < 1.29 is 0 Å². The summed E-state index contributed by atoms with van der Waals surface area (Å²) < 4.78 is 0. The van der Waals surface area contributed by atoms with Crippen molar-refractivity contribution in [3.8, 4) is 0 Å². The maximum Gasteiger partial charge on any atom is 0.322 e. The largest absolute Gasteiger partial charge is 0.322 e. The number of rotatable bonds is 1. The number of hydrazone groups is 1. The first-order chi connectivity index (χ1) is 7.84. The Morgan fingerprint density at radius 1 is 1.06 bits per heavy atom. The van der Waals surface area contributed by atoms with E-state index in [-0.39, 0.29) is 0 Å². The van der Waals surface area contributed by atoms with Gasteiger partial charge in [-0.1, -0.05) is 11.6 Å². The van der Waals surface area contributed by atoms with Gasteiger partial charge in [0.15, 0.2) is 5.10 Å². The van der Waals surface area contributed by atoms with Crippen LogP contribution in [-0.2, 0) is 0 Å². The lowest BCUT2D eigenvalue weighted by molar-refractivity contribution is 0.644. The molecule has 3 heteroatoms. The lowest BCUT2D eigenvalue weighted by Gasteiger charge is -2.09. The van der Waals surface area contributed by atoms with E-state index in [0.29, 0.717) is 0 Å². The maximum atomic E-state index is 5.89. The molecule has 0 spiro atoms. The summed E-state index contributed by atoms with van der Waals surface area (Å²) in [7, 11) is 0. The third-order valence-corrected chi connectivity index (χ3v) is 3.43. The van der Waals surface area contributed by atoms with Gasteiger partial charge in [0.1, 0.15) is 0 Å². The van der Waals surface area contributed by atoms with E-state index in [1.54, 1.807) is 0 Å². The number of benzene rings is 1. The van der Waals surface area contributed by atoms with Gasteiger partial charge < -0.3 is 0 Å². The minimum Gasteiger partial charge on any atom is -0.104 e. The van der Waals surface area contributed by atoms with Gasteiger partial charge >= 0.3 is 5.71 Å². The zero-order chi connectivity index (χ0) is 11.0. The van der Waals surface area contributed by atoms with Crippen LogP contribution in [0, 0.1) is 0 Å². The molecule has 1 aliphatic heterocycles. The van der Waals surface area contributed by atoms with Crippen LogP contribution < -0.4 is 10.5 Å². The van der Waals surface area contributed by atoms with Crippen LogP contribution in [0.2, 0.25) is 5.02 Å². The number of hydrogen-bond acceptors (Lipinski definition) is 2. The molecule has 81 valence electrons. The number of nitrogens with zero attached hydrogens (tertiary/aromatic N) is 1. The second-order valence-electron chi connectivity index (χ2n) is 4.24. The standard InChI is InChI=1S/C13H13ClN2/c14-10-7-5-9(6-8-10)13-11-3-1-2-4-12(11)15-16-13/h5-8,15H,1-4H2/q+1. The Labute approximate surface area is 100 Å². The van der Waals surface area contributed by atoms with Gasteiger partial charge in [-0.2, -0.15) is 0 Å². The van der Waals surface area contributed by atoms with E-state index >= 15 is 0 Å². The Hall–Kier alpha value is -1.28. The van der Waals surface area contributed by atoms with Crippen LogP contribution in [0.4, 0.5) is 0 Å². The van der Waals surface area contributed by atoms with Crippen molar-refractivity contribution in [2.75, 3.05) is 0 Å². The molecule has 1 aromatic rings. The number of nitrogens with one attached hydrogen (secondary N) is 1. The zero-order valence-electron chi connectivity index (χ0n) is 8.96. The fourth-order valence-corrected chi connectivity index (χ4v) is 2.45. The predicted octanol–water partition coefficient (Wildman–Crippen LogP) is 2.81. The van der Waals surface area contributed by atoms with Crippen LogP contribution in [0.1, 0.15) is 31.2 Å². The molecule has 0 aromatic heterocycles. The van der Waals surface area contributed by atoms with E-state index < -0.39 is 0 Å². The van der Waals surface area contributed by atoms with E-state index in [1.807, 2.05) is 24.3 Å². The van der Waals surface area contributed by atoms with Crippen LogP contribution in [0.3, 0.4) is 0 Å². The minimum atomic E-state index is 0.771. The summed E-state index contributed by atoms with van der Waals surface area (Å²) >= 11 is 5.89. The molecule has 0 unspecified atom stereocenters. The Morgan fingerprint density at radius 3 is 2.62 bits per heavy atom. The van der Waals surface area contributed by atoms with Gasteiger partial charge in [-0.15, -0.1) is 5.43 Å². The SMILES string of the molecule is Clc1ccc(C2=[N+]NC3=C2CCCC3)cc1. The van der Waals surface area contributed by atoms with Crippen molar-refractivity contribution in [3.63, 3.8) is 0 Å². The van der Waals surface area contributed by atoms with Crippen LogP contribution in [0.15, 0.2) is 35.5 Å². The van der Waals surface area contributed by atoms with Crippen molar-refractivity contribution in [1.82, 2.24) is 10.5 Å². The average Bonchev–Trinajstić information content (AvgIpc) is 2.74. The molecular weight excluding hydrogens is 220 g/mol. The second kappa shape index (κ2) is 3.95. The summed E-state index contributed by atoms with van der Waals surface area (Å²) in [5.74, 6) is 0. The summed E-state index contributed by atoms with van der Waals surface area (Å²) in [5.41, 5.74) is 8.13. The van der Waals surface area contributed by atoms with Crippen LogP contribution in [0.25, 0.3) is 0 Å². The summed E-state index contributed by atoms with van der Waals surface area (Å²) in [6.45, 7) is 0. The summed E-state index contributed by atoms with van der Waals surface area (Å²) in [6, 6.07) is 7.91. The lowest BCUT2D eigenvalue weighted by Crippen LogP contribution is -2.12. The second-order valence-corrected chi connectivity index (χ2v) is 4.68. The van der Waals surface area contributed by atoms with Gasteiger partial charge in [-0.25, -0.2) is 0 Å². The molecule has 16 heavy (non-hydrogen) atoms. The van der Waals surface area contributed by atoms with Crippen LogP contribution >= 0.6 is 11.6 Å². The molecule has 2 aliphatic rings. The molecule has 3 rings (SSSR count). The Bertz CT molecular complexity index is 471. The third kappa shape index (κ3) is 1.63. The highest BCUT2D eigenvalue weighted by molar-refractivity contribution is 6.30. The van der Waals surface area contributed by atoms with Crippen molar-refractivity contribution in [1.29, 1.82) is 0 Å². The van der Waals surface area contributed by atoms with E-state index in [0.717, 1.165) is 29.1 Å². The quantitative estimate of drug-likeness (QED) is 0.792. The molecule has 0 saturated heterocycles. The van der Waals surface area contributed by atoms with E-state index in [1.165, 1.54) is 24.1 Å². The monoisotopic (exact) mass is 232 g/mol. The molecule has 1 heterocycles. The van der Waals surface area contributed by atoms with E-state index in [9.17, 15) is 0 Å². The topological polar surface area (TPSA) is 26.1 Å². The fraction of sp³-hybridized carbons (Fsp3) is 0.308. The van der Waals surface area contributed by atoms with E-state index in [2.05, 4.69) is 10.5 Å². The first-order valence-corrected chi connectivity index (χ1v) is 6.04. The normalized spacial score (nSPS) is 19.2. The van der Waals surface area contributed by atoms with Gasteiger partial charge in [0.25, 0.3) is 0 Å². The Balaban J connectivity index is 1.96. The molecule has 0 amide bonds. The van der Waals surface area contributed by atoms with Crippen LogP contribution in [0.5, 0.6) is 0 Å². The minimum absolute atomic E-state index is 0.771. The highest BCUT2D eigenvalue weighted by Gasteiger charge is 2.33. The van der Waals surface area contributed by atoms with Gasteiger partial charge in [-0.3, -0.25) is 0 Å². The molecule has 0 bridgehead atoms.